The number of aromatic amines is 1. The molecule has 4 heterocycles. The van der Waals surface area contributed by atoms with E-state index >= 15 is 0 Å². The second-order valence-electron chi connectivity index (χ2n) is 10.4. The van der Waals surface area contributed by atoms with Gasteiger partial charge in [-0.05, 0) is 88.4 Å². The Hall–Kier alpha value is -3.68. The van der Waals surface area contributed by atoms with Crippen LogP contribution in [0.4, 0.5) is 4.79 Å². The third-order valence-electron chi connectivity index (χ3n) is 6.46. The first-order valence-electron chi connectivity index (χ1n) is 12.1. The van der Waals surface area contributed by atoms with Crippen LogP contribution in [0.1, 0.15) is 56.6 Å². The van der Waals surface area contributed by atoms with E-state index in [0.29, 0.717) is 24.3 Å². The fourth-order valence-electron chi connectivity index (χ4n) is 4.74. The van der Waals surface area contributed by atoms with Crippen molar-refractivity contribution in [1.82, 2.24) is 24.3 Å². The second-order valence-corrected chi connectivity index (χ2v) is 10.4. The largest absolute Gasteiger partial charge is 0.444 e. The van der Waals surface area contributed by atoms with Crippen LogP contribution in [-0.4, -0.2) is 49.0 Å². The predicted molar refractivity (Wildman–Crippen MR) is 136 cm³/mol. The Bertz CT molecular complexity index is 1490. The van der Waals surface area contributed by atoms with Crippen LogP contribution in [0.25, 0.3) is 27.7 Å². The van der Waals surface area contributed by atoms with Gasteiger partial charge in [0.1, 0.15) is 17.1 Å². The summed E-state index contributed by atoms with van der Waals surface area (Å²) in [6.45, 7) is 10.7. The molecular formula is C27H31N5O3. The number of hydrogen-bond donors (Lipinski definition) is 1. The predicted octanol–water partition coefficient (Wildman–Crippen LogP) is 4.97. The van der Waals surface area contributed by atoms with Gasteiger partial charge in [0.2, 0.25) is 0 Å². The fraction of sp³-hybridized carbons (Fsp3) is 0.407. The molecule has 0 spiro atoms. The standard InChI is InChI=1S/C27H31N5O3/c1-16-12-20(19-6-7-22-28-17(2)14-32(22)15-19)13-21-23(16)29-24(30-25(21)33)18-8-10-31(11-9-18)26(34)35-27(3,4)5/h6-7,12-15,18H,8-11H2,1-5H3,(H,29,30,33). The molecule has 8 nitrogen and oxygen atoms in total. The van der Waals surface area contributed by atoms with E-state index in [4.69, 9.17) is 9.72 Å². The number of fused-ring (bicyclic) bond motifs is 2. The van der Waals surface area contributed by atoms with E-state index in [9.17, 15) is 9.59 Å². The van der Waals surface area contributed by atoms with Gasteiger partial charge in [0.15, 0.2) is 0 Å². The Morgan fingerprint density at radius 2 is 1.80 bits per heavy atom. The molecule has 1 N–H and O–H groups in total. The number of H-pyrrole nitrogens is 1. The molecule has 1 saturated heterocycles. The minimum absolute atomic E-state index is 0.0942. The van der Waals surface area contributed by atoms with Crippen molar-refractivity contribution in [2.45, 2.75) is 59.0 Å². The molecule has 182 valence electrons. The lowest BCUT2D eigenvalue weighted by molar-refractivity contribution is 0.0203. The van der Waals surface area contributed by atoms with Gasteiger partial charge in [-0.15, -0.1) is 0 Å². The summed E-state index contributed by atoms with van der Waals surface area (Å²) in [5.41, 5.74) is 4.86. The van der Waals surface area contributed by atoms with Crippen molar-refractivity contribution in [3.63, 3.8) is 0 Å². The third kappa shape index (κ3) is 4.65. The van der Waals surface area contributed by atoms with Crippen molar-refractivity contribution in [1.29, 1.82) is 0 Å². The van der Waals surface area contributed by atoms with Gasteiger partial charge in [0.05, 0.1) is 16.6 Å². The lowest BCUT2D eigenvalue weighted by Gasteiger charge is -2.33. The third-order valence-corrected chi connectivity index (χ3v) is 6.46. The number of carbonyl (C=O) groups excluding carboxylic acids is 1. The summed E-state index contributed by atoms with van der Waals surface area (Å²) in [4.78, 5) is 39.6. The van der Waals surface area contributed by atoms with E-state index in [1.165, 1.54) is 0 Å². The number of imidazole rings is 1. The zero-order valence-electron chi connectivity index (χ0n) is 20.9. The molecule has 0 radical (unpaired) electrons. The number of aromatic nitrogens is 4. The number of likely N-dealkylation sites (tertiary alicyclic amines) is 1. The molecule has 0 bridgehead atoms. The van der Waals surface area contributed by atoms with Crippen molar-refractivity contribution in [3.05, 3.63) is 64.1 Å². The molecule has 1 amide bonds. The highest BCUT2D eigenvalue weighted by Gasteiger charge is 2.28. The van der Waals surface area contributed by atoms with Crippen LogP contribution >= 0.6 is 0 Å². The summed E-state index contributed by atoms with van der Waals surface area (Å²) in [5, 5.41) is 0.580. The lowest BCUT2D eigenvalue weighted by Crippen LogP contribution is -2.41. The maximum atomic E-state index is 13.1. The molecule has 1 aromatic carbocycles. The van der Waals surface area contributed by atoms with Gasteiger partial charge in [-0.2, -0.15) is 0 Å². The molecular weight excluding hydrogens is 442 g/mol. The maximum Gasteiger partial charge on any atom is 0.410 e. The van der Waals surface area contributed by atoms with Gasteiger partial charge in [-0.25, -0.2) is 14.8 Å². The minimum atomic E-state index is -0.515. The smallest absolute Gasteiger partial charge is 0.410 e. The number of nitrogens with zero attached hydrogens (tertiary/aromatic N) is 4. The van der Waals surface area contributed by atoms with E-state index in [1.54, 1.807) is 4.90 Å². The van der Waals surface area contributed by atoms with Crippen LogP contribution in [0.2, 0.25) is 0 Å². The summed E-state index contributed by atoms with van der Waals surface area (Å²) in [7, 11) is 0. The van der Waals surface area contributed by atoms with Crippen molar-refractivity contribution in [3.8, 4) is 11.1 Å². The highest BCUT2D eigenvalue weighted by atomic mass is 16.6. The van der Waals surface area contributed by atoms with Crippen LogP contribution in [0.15, 0.2) is 41.5 Å². The first-order chi connectivity index (χ1) is 16.6. The monoisotopic (exact) mass is 473 g/mol. The number of piperidine rings is 1. The fourth-order valence-corrected chi connectivity index (χ4v) is 4.74. The number of aryl methyl sites for hydroxylation is 2. The Kier molecular flexibility index (Phi) is 5.62. The molecule has 1 aliphatic rings. The number of ether oxygens (including phenoxy) is 1. The molecule has 1 fully saturated rings. The molecule has 4 aromatic rings. The molecule has 5 rings (SSSR count). The van der Waals surface area contributed by atoms with Gasteiger partial charge in [-0.3, -0.25) is 4.79 Å². The van der Waals surface area contributed by atoms with Gasteiger partial charge in [-0.1, -0.05) is 0 Å². The quantitative estimate of drug-likeness (QED) is 0.444. The SMILES string of the molecule is Cc1cn2cc(-c3cc(C)c4nc(C5CCN(C(=O)OC(C)(C)C)CC5)[nH]c(=O)c4c3)ccc2n1. The Morgan fingerprint density at radius 1 is 1.06 bits per heavy atom. The highest BCUT2D eigenvalue weighted by molar-refractivity contribution is 5.86. The average molecular weight is 474 g/mol. The number of rotatable bonds is 2. The lowest BCUT2D eigenvalue weighted by atomic mass is 9.95. The van der Waals surface area contributed by atoms with Crippen LogP contribution in [0, 0.1) is 13.8 Å². The van der Waals surface area contributed by atoms with Crippen molar-refractivity contribution in [2.75, 3.05) is 13.1 Å². The Balaban J connectivity index is 1.41. The number of benzene rings is 1. The van der Waals surface area contributed by atoms with Gasteiger partial charge in [0.25, 0.3) is 5.56 Å². The first kappa shape index (κ1) is 23.1. The van der Waals surface area contributed by atoms with Gasteiger partial charge >= 0.3 is 6.09 Å². The van der Waals surface area contributed by atoms with Gasteiger partial charge < -0.3 is 19.0 Å². The molecule has 0 saturated carbocycles. The molecule has 0 aliphatic carbocycles. The Labute approximate surface area is 204 Å². The van der Waals surface area contributed by atoms with E-state index < -0.39 is 5.60 Å². The van der Waals surface area contributed by atoms with Crippen molar-refractivity contribution < 1.29 is 9.53 Å². The topological polar surface area (TPSA) is 92.6 Å². The van der Waals surface area contributed by atoms with Crippen LogP contribution in [0.5, 0.6) is 0 Å². The number of amides is 1. The normalized spacial score (nSPS) is 15.2. The van der Waals surface area contributed by atoms with Crippen molar-refractivity contribution >= 4 is 22.6 Å². The molecule has 8 heteroatoms. The molecule has 35 heavy (non-hydrogen) atoms. The number of pyridine rings is 1. The summed E-state index contributed by atoms with van der Waals surface area (Å²) in [6.07, 6.45) is 5.19. The second kappa shape index (κ2) is 8.52. The molecule has 1 aliphatic heterocycles. The zero-order valence-corrected chi connectivity index (χ0v) is 20.9. The van der Waals surface area contributed by atoms with Crippen LogP contribution in [0.3, 0.4) is 0 Å². The first-order valence-corrected chi connectivity index (χ1v) is 12.1. The number of hydrogen-bond acceptors (Lipinski definition) is 5. The molecule has 0 atom stereocenters. The molecule has 3 aromatic heterocycles. The van der Waals surface area contributed by atoms with E-state index in [2.05, 4.69) is 16.0 Å². The van der Waals surface area contributed by atoms with Crippen LogP contribution in [-0.2, 0) is 4.74 Å². The van der Waals surface area contributed by atoms with E-state index in [1.807, 2.05) is 69.6 Å². The van der Waals surface area contributed by atoms with Crippen molar-refractivity contribution in [2.24, 2.45) is 0 Å². The zero-order chi connectivity index (χ0) is 24.9. The van der Waals surface area contributed by atoms with E-state index in [0.717, 1.165) is 46.4 Å². The highest BCUT2D eigenvalue weighted by Crippen LogP contribution is 2.29. The number of carbonyl (C=O) groups is 1. The summed E-state index contributed by atoms with van der Waals surface area (Å²) in [6, 6.07) is 8.00. The summed E-state index contributed by atoms with van der Waals surface area (Å²) < 4.78 is 7.49. The Morgan fingerprint density at radius 3 is 2.51 bits per heavy atom. The van der Waals surface area contributed by atoms with E-state index in [-0.39, 0.29) is 17.6 Å². The maximum absolute atomic E-state index is 13.1. The van der Waals surface area contributed by atoms with Gasteiger partial charge in [0, 0.05) is 31.4 Å². The average Bonchev–Trinajstić information content (AvgIpc) is 3.17. The molecule has 0 unspecified atom stereocenters. The number of nitrogens with one attached hydrogen (secondary N) is 1. The summed E-state index contributed by atoms with van der Waals surface area (Å²) >= 11 is 0. The van der Waals surface area contributed by atoms with Crippen LogP contribution < -0.4 is 5.56 Å². The minimum Gasteiger partial charge on any atom is -0.444 e. The summed E-state index contributed by atoms with van der Waals surface area (Å²) in [5.74, 6) is 0.786.